The number of nitrogens with one attached hydrogen (secondary N) is 1. The smallest absolute Gasteiger partial charge is 0.163 e. The van der Waals surface area contributed by atoms with E-state index in [9.17, 15) is 0 Å². The van der Waals surface area contributed by atoms with Crippen molar-refractivity contribution in [3.8, 4) is 18.2 Å². The highest BCUT2D eigenvalue weighted by atomic mass is 15.1. The zero-order chi connectivity index (χ0) is 13.8. The summed E-state index contributed by atoms with van der Waals surface area (Å²) in [6.07, 6.45) is 0.955. The Kier molecular flexibility index (Phi) is 3.37. The topological polar surface area (TPSA) is 86.6 Å². The number of hydrogen-bond donors (Lipinski definition) is 1. The monoisotopic (exact) mass is 249 g/mol. The van der Waals surface area contributed by atoms with Crippen LogP contribution in [0.25, 0.3) is 0 Å². The van der Waals surface area contributed by atoms with E-state index in [2.05, 4.69) is 10.2 Å². The van der Waals surface area contributed by atoms with E-state index in [1.54, 1.807) is 12.1 Å². The molecule has 1 aromatic carbocycles. The van der Waals surface area contributed by atoms with Gasteiger partial charge in [-0.25, -0.2) is 0 Å². The molecule has 0 aliphatic carbocycles. The third-order valence-corrected chi connectivity index (χ3v) is 3.06. The standard InChI is InChI=1S/C14H11N5/c1-19-5-4-10-6-12(2-3-14(10)19)18-13(9-17)11(7-15)8-16/h2-3,6,18H,4-5H2,1H3. The van der Waals surface area contributed by atoms with Gasteiger partial charge in [0.25, 0.3) is 0 Å². The molecular formula is C14H11N5. The van der Waals surface area contributed by atoms with Gasteiger partial charge in [-0.2, -0.15) is 15.8 Å². The summed E-state index contributed by atoms with van der Waals surface area (Å²) in [6, 6.07) is 11.0. The minimum atomic E-state index is -0.208. The first-order valence-electron chi connectivity index (χ1n) is 5.75. The van der Waals surface area contributed by atoms with Crippen LogP contribution in [0.1, 0.15) is 5.56 Å². The number of nitrogens with zero attached hydrogens (tertiary/aromatic N) is 4. The maximum atomic E-state index is 8.97. The van der Waals surface area contributed by atoms with Gasteiger partial charge in [-0.15, -0.1) is 0 Å². The molecule has 5 heteroatoms. The molecule has 19 heavy (non-hydrogen) atoms. The molecule has 1 aliphatic heterocycles. The second-order valence-corrected chi connectivity index (χ2v) is 4.23. The molecule has 1 heterocycles. The molecule has 0 fully saturated rings. The van der Waals surface area contributed by atoms with Crippen LogP contribution in [0.5, 0.6) is 0 Å². The molecule has 0 spiro atoms. The van der Waals surface area contributed by atoms with Crippen LogP contribution >= 0.6 is 0 Å². The fourth-order valence-corrected chi connectivity index (χ4v) is 2.07. The Bertz CT molecular complexity index is 651. The molecule has 1 N–H and O–H groups in total. The summed E-state index contributed by atoms with van der Waals surface area (Å²) in [6.45, 7) is 0.974. The lowest BCUT2D eigenvalue weighted by atomic mass is 10.1. The number of benzene rings is 1. The van der Waals surface area contributed by atoms with Crippen LogP contribution in [0.15, 0.2) is 29.5 Å². The van der Waals surface area contributed by atoms with Gasteiger partial charge in [-0.05, 0) is 30.2 Å². The van der Waals surface area contributed by atoms with Gasteiger partial charge < -0.3 is 10.2 Å². The van der Waals surface area contributed by atoms with Crippen LogP contribution in [-0.4, -0.2) is 13.6 Å². The van der Waals surface area contributed by atoms with Crippen molar-refractivity contribution in [1.29, 1.82) is 15.8 Å². The van der Waals surface area contributed by atoms with E-state index in [0.717, 1.165) is 13.0 Å². The van der Waals surface area contributed by atoms with Crippen molar-refractivity contribution in [3.63, 3.8) is 0 Å². The minimum Gasteiger partial charge on any atom is -0.374 e. The fraction of sp³-hybridized carbons (Fsp3) is 0.214. The van der Waals surface area contributed by atoms with E-state index in [1.165, 1.54) is 11.3 Å². The molecule has 0 saturated heterocycles. The molecule has 0 amide bonds. The first-order chi connectivity index (χ1) is 9.19. The molecule has 1 aromatic rings. The number of nitriles is 3. The lowest BCUT2D eigenvalue weighted by molar-refractivity contribution is 0.956. The van der Waals surface area contributed by atoms with E-state index in [4.69, 9.17) is 15.8 Å². The van der Waals surface area contributed by atoms with E-state index < -0.39 is 0 Å². The Morgan fingerprint density at radius 3 is 2.58 bits per heavy atom. The quantitative estimate of drug-likeness (QED) is 0.809. The average Bonchev–Trinajstić information content (AvgIpc) is 2.80. The van der Waals surface area contributed by atoms with Crippen molar-refractivity contribution in [2.75, 3.05) is 23.8 Å². The summed E-state index contributed by atoms with van der Waals surface area (Å²) in [5.41, 5.74) is 2.86. The number of allylic oxidation sites excluding steroid dienone is 2. The first-order valence-corrected chi connectivity index (χ1v) is 5.75. The second-order valence-electron chi connectivity index (χ2n) is 4.23. The van der Waals surface area contributed by atoms with Crippen molar-refractivity contribution in [2.24, 2.45) is 0 Å². The van der Waals surface area contributed by atoms with Crippen LogP contribution in [-0.2, 0) is 6.42 Å². The molecular weight excluding hydrogens is 238 g/mol. The lowest BCUT2D eigenvalue weighted by Crippen LogP contribution is -2.12. The predicted octanol–water partition coefficient (Wildman–Crippen LogP) is 1.92. The van der Waals surface area contributed by atoms with Gasteiger partial charge in [0.05, 0.1) is 0 Å². The van der Waals surface area contributed by atoms with Gasteiger partial charge in [0.15, 0.2) is 5.57 Å². The Labute approximate surface area is 111 Å². The maximum Gasteiger partial charge on any atom is 0.163 e. The van der Waals surface area contributed by atoms with Crippen LogP contribution in [0.4, 0.5) is 11.4 Å². The van der Waals surface area contributed by atoms with E-state index >= 15 is 0 Å². The lowest BCUT2D eigenvalue weighted by Gasteiger charge is -2.12. The number of hydrogen-bond acceptors (Lipinski definition) is 5. The van der Waals surface area contributed by atoms with Crippen molar-refractivity contribution < 1.29 is 0 Å². The van der Waals surface area contributed by atoms with Crippen molar-refractivity contribution in [2.45, 2.75) is 6.42 Å². The summed E-state index contributed by atoms with van der Waals surface area (Å²) < 4.78 is 0. The van der Waals surface area contributed by atoms with Gasteiger partial charge >= 0.3 is 0 Å². The molecule has 0 saturated carbocycles. The van der Waals surface area contributed by atoms with Crippen molar-refractivity contribution in [3.05, 3.63) is 35.0 Å². The Morgan fingerprint density at radius 2 is 1.95 bits per heavy atom. The Balaban J connectivity index is 2.32. The van der Waals surface area contributed by atoms with Crippen LogP contribution in [0, 0.1) is 34.0 Å². The number of likely N-dealkylation sites (N-methyl/N-ethyl adjacent to an activating group) is 1. The van der Waals surface area contributed by atoms with E-state index in [0.29, 0.717) is 5.69 Å². The Morgan fingerprint density at radius 1 is 1.21 bits per heavy atom. The summed E-state index contributed by atoms with van der Waals surface area (Å²) in [5.74, 6) is 0. The molecule has 2 rings (SSSR count). The van der Waals surface area contributed by atoms with E-state index in [1.807, 2.05) is 31.3 Å². The second kappa shape index (κ2) is 5.12. The SMILES string of the molecule is CN1CCc2cc(NC(C#N)=C(C#N)C#N)ccc21. The van der Waals surface area contributed by atoms with Crippen molar-refractivity contribution in [1.82, 2.24) is 0 Å². The summed E-state index contributed by atoms with van der Waals surface area (Å²) in [7, 11) is 2.03. The molecule has 0 atom stereocenters. The van der Waals surface area contributed by atoms with Gasteiger partial charge in [0.2, 0.25) is 0 Å². The number of rotatable bonds is 2. The third kappa shape index (κ3) is 2.34. The molecule has 0 bridgehead atoms. The molecule has 0 unspecified atom stereocenters. The van der Waals surface area contributed by atoms with Gasteiger partial charge in [-0.1, -0.05) is 0 Å². The number of anilines is 2. The van der Waals surface area contributed by atoms with E-state index in [-0.39, 0.29) is 11.3 Å². The first kappa shape index (κ1) is 12.5. The normalized spacial score (nSPS) is 11.8. The highest BCUT2D eigenvalue weighted by Crippen LogP contribution is 2.29. The minimum absolute atomic E-state index is 0.0173. The average molecular weight is 249 g/mol. The van der Waals surface area contributed by atoms with Crippen molar-refractivity contribution >= 4 is 11.4 Å². The largest absolute Gasteiger partial charge is 0.374 e. The zero-order valence-corrected chi connectivity index (χ0v) is 10.4. The van der Waals surface area contributed by atoms with Gasteiger partial charge in [0.1, 0.15) is 23.9 Å². The molecule has 0 aromatic heterocycles. The molecule has 5 nitrogen and oxygen atoms in total. The van der Waals surface area contributed by atoms with Crippen LogP contribution < -0.4 is 10.2 Å². The number of fused-ring (bicyclic) bond motifs is 1. The van der Waals surface area contributed by atoms with Gasteiger partial charge in [0, 0.05) is 25.0 Å². The van der Waals surface area contributed by atoms with Crippen LogP contribution in [0.3, 0.4) is 0 Å². The summed E-state index contributed by atoms with van der Waals surface area (Å²) in [5, 5.41) is 29.3. The third-order valence-electron chi connectivity index (χ3n) is 3.06. The molecule has 1 aliphatic rings. The molecule has 0 radical (unpaired) electrons. The maximum absolute atomic E-state index is 8.97. The fourth-order valence-electron chi connectivity index (χ4n) is 2.07. The Hall–Kier alpha value is -2.97. The highest BCUT2D eigenvalue weighted by molar-refractivity contribution is 5.66. The highest BCUT2D eigenvalue weighted by Gasteiger charge is 2.16. The summed E-state index contributed by atoms with van der Waals surface area (Å²) in [4.78, 5) is 2.16. The molecule has 92 valence electrons. The van der Waals surface area contributed by atoms with Gasteiger partial charge in [-0.3, -0.25) is 0 Å². The van der Waals surface area contributed by atoms with Crippen LogP contribution in [0.2, 0.25) is 0 Å². The zero-order valence-electron chi connectivity index (χ0n) is 10.4. The predicted molar refractivity (Wildman–Crippen MR) is 70.9 cm³/mol. The summed E-state index contributed by atoms with van der Waals surface area (Å²) >= 11 is 0.